The molecule has 5 heteroatoms. The van der Waals surface area contributed by atoms with Gasteiger partial charge < -0.3 is 5.11 Å². The van der Waals surface area contributed by atoms with Crippen LogP contribution in [-0.2, 0) is 18.9 Å². The minimum atomic E-state index is -0.461. The minimum Gasteiger partial charge on any atom is -0.392 e. The summed E-state index contributed by atoms with van der Waals surface area (Å²) in [6.45, 7) is 0. The topological polar surface area (TPSA) is 63.8 Å². The van der Waals surface area contributed by atoms with Crippen LogP contribution in [0.1, 0.15) is 37.1 Å². The standard InChI is InChI=1S/C15H20N4O/c1-19-17-14(16-18-19)11-13(20)15(9-5-6-10-15)12-7-3-2-4-8-12/h2-4,7-8,13,20H,5-6,9-11H2,1H3. The highest BCUT2D eigenvalue weighted by molar-refractivity contribution is 5.28. The number of nitrogens with zero attached hydrogens (tertiary/aromatic N) is 4. The van der Waals surface area contributed by atoms with Gasteiger partial charge in [0.2, 0.25) is 0 Å². The molecule has 2 aromatic rings. The number of rotatable bonds is 4. The van der Waals surface area contributed by atoms with Crippen molar-refractivity contribution in [2.75, 3.05) is 0 Å². The van der Waals surface area contributed by atoms with E-state index in [0.29, 0.717) is 12.2 Å². The fraction of sp³-hybridized carbons (Fsp3) is 0.533. The van der Waals surface area contributed by atoms with Gasteiger partial charge in [-0.15, -0.1) is 10.2 Å². The molecule has 0 amide bonds. The van der Waals surface area contributed by atoms with Crippen LogP contribution in [-0.4, -0.2) is 31.4 Å². The Morgan fingerprint density at radius 1 is 1.25 bits per heavy atom. The van der Waals surface area contributed by atoms with Crippen molar-refractivity contribution in [3.63, 3.8) is 0 Å². The van der Waals surface area contributed by atoms with Crippen molar-refractivity contribution in [3.8, 4) is 0 Å². The van der Waals surface area contributed by atoms with E-state index >= 15 is 0 Å². The fourth-order valence-electron chi connectivity index (χ4n) is 3.36. The third kappa shape index (κ3) is 2.33. The Balaban J connectivity index is 1.87. The smallest absolute Gasteiger partial charge is 0.177 e. The van der Waals surface area contributed by atoms with Crippen molar-refractivity contribution in [1.82, 2.24) is 20.2 Å². The van der Waals surface area contributed by atoms with Gasteiger partial charge in [-0.2, -0.15) is 4.80 Å². The second-order valence-electron chi connectivity index (χ2n) is 5.64. The lowest BCUT2D eigenvalue weighted by molar-refractivity contribution is 0.0807. The van der Waals surface area contributed by atoms with Gasteiger partial charge in [-0.25, -0.2) is 0 Å². The van der Waals surface area contributed by atoms with Gasteiger partial charge in [-0.05, 0) is 23.6 Å². The van der Waals surface area contributed by atoms with Crippen molar-refractivity contribution >= 4 is 0 Å². The van der Waals surface area contributed by atoms with Crippen LogP contribution in [0.25, 0.3) is 0 Å². The van der Waals surface area contributed by atoms with E-state index in [2.05, 4.69) is 27.5 Å². The molecule has 1 heterocycles. The number of hydrogen-bond donors (Lipinski definition) is 1. The minimum absolute atomic E-state index is 0.152. The van der Waals surface area contributed by atoms with Crippen molar-refractivity contribution in [1.29, 1.82) is 0 Å². The predicted molar refractivity (Wildman–Crippen MR) is 75.1 cm³/mol. The third-order valence-electron chi connectivity index (χ3n) is 4.41. The lowest BCUT2D eigenvalue weighted by Gasteiger charge is -2.34. The molecule has 1 aromatic carbocycles. The quantitative estimate of drug-likeness (QED) is 0.918. The lowest BCUT2D eigenvalue weighted by atomic mass is 9.73. The molecule has 3 rings (SSSR count). The number of aromatic nitrogens is 4. The molecule has 0 saturated heterocycles. The molecular weight excluding hydrogens is 252 g/mol. The Morgan fingerprint density at radius 2 is 1.95 bits per heavy atom. The summed E-state index contributed by atoms with van der Waals surface area (Å²) < 4.78 is 0. The van der Waals surface area contributed by atoms with Crippen LogP contribution in [0.5, 0.6) is 0 Å². The van der Waals surface area contributed by atoms with Crippen molar-refractivity contribution in [2.45, 2.75) is 43.6 Å². The normalized spacial score (nSPS) is 19.1. The van der Waals surface area contributed by atoms with Crippen molar-refractivity contribution in [2.24, 2.45) is 7.05 Å². The first-order valence-electron chi connectivity index (χ1n) is 7.17. The number of hydrogen-bond acceptors (Lipinski definition) is 4. The summed E-state index contributed by atoms with van der Waals surface area (Å²) in [5.74, 6) is 0.613. The average Bonchev–Trinajstić information content (AvgIpc) is 3.10. The number of tetrazole rings is 1. The summed E-state index contributed by atoms with van der Waals surface area (Å²) in [4.78, 5) is 1.44. The number of benzene rings is 1. The van der Waals surface area contributed by atoms with Crippen LogP contribution in [0.4, 0.5) is 0 Å². The van der Waals surface area contributed by atoms with Gasteiger partial charge in [0.05, 0.1) is 13.2 Å². The molecule has 0 bridgehead atoms. The van der Waals surface area contributed by atoms with E-state index in [0.717, 1.165) is 12.8 Å². The molecule has 1 fully saturated rings. The Hall–Kier alpha value is -1.75. The molecule has 1 atom stereocenters. The SMILES string of the molecule is Cn1nnc(CC(O)C2(c3ccccc3)CCCC2)n1. The number of aliphatic hydroxyl groups excluding tert-OH is 1. The molecule has 0 aliphatic heterocycles. The van der Waals surface area contributed by atoms with E-state index < -0.39 is 6.10 Å². The third-order valence-corrected chi connectivity index (χ3v) is 4.41. The summed E-state index contributed by atoms with van der Waals surface area (Å²) in [5, 5.41) is 22.8. The molecule has 5 nitrogen and oxygen atoms in total. The number of aliphatic hydroxyl groups is 1. The van der Waals surface area contributed by atoms with E-state index in [1.165, 1.54) is 23.2 Å². The summed E-state index contributed by atoms with van der Waals surface area (Å²) in [5.41, 5.74) is 1.08. The van der Waals surface area contributed by atoms with Gasteiger partial charge in [0, 0.05) is 11.8 Å². The van der Waals surface area contributed by atoms with Crippen LogP contribution in [0, 0.1) is 0 Å². The Morgan fingerprint density at radius 3 is 2.55 bits per heavy atom. The van der Waals surface area contributed by atoms with Crippen LogP contribution in [0.15, 0.2) is 30.3 Å². The van der Waals surface area contributed by atoms with Crippen LogP contribution in [0.2, 0.25) is 0 Å². The molecule has 1 saturated carbocycles. The molecule has 1 N–H and O–H groups in total. The van der Waals surface area contributed by atoms with Gasteiger partial charge in [0.25, 0.3) is 0 Å². The van der Waals surface area contributed by atoms with Crippen LogP contribution >= 0.6 is 0 Å². The summed E-state index contributed by atoms with van der Waals surface area (Å²) in [6.07, 6.45) is 4.39. The van der Waals surface area contributed by atoms with Gasteiger partial charge in [0.15, 0.2) is 5.82 Å². The Labute approximate surface area is 118 Å². The van der Waals surface area contributed by atoms with E-state index in [4.69, 9.17) is 0 Å². The predicted octanol–water partition coefficient (Wildman–Crippen LogP) is 1.63. The summed E-state index contributed by atoms with van der Waals surface area (Å²) in [6, 6.07) is 10.4. The summed E-state index contributed by atoms with van der Waals surface area (Å²) >= 11 is 0. The zero-order chi connectivity index (χ0) is 14.0. The molecule has 1 unspecified atom stereocenters. The first-order valence-corrected chi connectivity index (χ1v) is 7.17. The first kappa shape index (κ1) is 13.2. The summed E-state index contributed by atoms with van der Waals surface area (Å²) in [7, 11) is 1.74. The Kier molecular flexibility index (Phi) is 3.53. The fourth-order valence-corrected chi connectivity index (χ4v) is 3.36. The second-order valence-corrected chi connectivity index (χ2v) is 5.64. The van der Waals surface area contributed by atoms with Gasteiger partial charge in [-0.1, -0.05) is 43.2 Å². The Bertz CT molecular complexity index is 560. The first-order chi connectivity index (χ1) is 9.71. The largest absolute Gasteiger partial charge is 0.392 e. The van der Waals surface area contributed by atoms with Gasteiger partial charge in [0.1, 0.15) is 0 Å². The van der Waals surface area contributed by atoms with Crippen LogP contribution in [0.3, 0.4) is 0 Å². The number of aryl methyl sites for hydroxylation is 1. The van der Waals surface area contributed by atoms with Crippen LogP contribution < -0.4 is 0 Å². The van der Waals surface area contributed by atoms with E-state index in [9.17, 15) is 5.11 Å². The maximum absolute atomic E-state index is 10.8. The zero-order valence-electron chi connectivity index (χ0n) is 11.7. The zero-order valence-corrected chi connectivity index (χ0v) is 11.7. The molecule has 1 aliphatic carbocycles. The molecule has 0 radical (unpaired) electrons. The second kappa shape index (κ2) is 5.32. The molecule has 0 spiro atoms. The van der Waals surface area contributed by atoms with Gasteiger partial charge >= 0.3 is 0 Å². The monoisotopic (exact) mass is 272 g/mol. The molecule has 20 heavy (non-hydrogen) atoms. The van der Waals surface area contributed by atoms with Gasteiger partial charge in [-0.3, -0.25) is 0 Å². The maximum atomic E-state index is 10.8. The lowest BCUT2D eigenvalue weighted by Crippen LogP contribution is -2.38. The molecule has 1 aliphatic rings. The highest BCUT2D eigenvalue weighted by Gasteiger charge is 2.42. The average molecular weight is 272 g/mol. The molecule has 1 aromatic heterocycles. The highest BCUT2D eigenvalue weighted by Crippen LogP contribution is 2.44. The molecular formula is C15H20N4O. The van der Waals surface area contributed by atoms with Crippen molar-refractivity contribution in [3.05, 3.63) is 41.7 Å². The van der Waals surface area contributed by atoms with E-state index in [-0.39, 0.29) is 5.41 Å². The maximum Gasteiger partial charge on any atom is 0.177 e. The van der Waals surface area contributed by atoms with E-state index in [1.54, 1.807) is 7.05 Å². The van der Waals surface area contributed by atoms with Crippen molar-refractivity contribution < 1.29 is 5.11 Å². The highest BCUT2D eigenvalue weighted by atomic mass is 16.3. The van der Waals surface area contributed by atoms with E-state index in [1.807, 2.05) is 18.2 Å². The molecule has 106 valence electrons.